The number of rotatable bonds is 5. The molecule has 2 fully saturated rings. The molecule has 1 unspecified atom stereocenters. The molecular formula is C37H67N3. The Morgan fingerprint density at radius 2 is 1.32 bits per heavy atom. The molecule has 4 rings (SSSR count). The number of pyridine rings is 1. The minimum atomic E-state index is 0.426. The summed E-state index contributed by atoms with van der Waals surface area (Å²) in [6.45, 7) is 27.4. The van der Waals surface area contributed by atoms with Crippen LogP contribution < -0.4 is 0 Å². The molecule has 3 heteroatoms. The van der Waals surface area contributed by atoms with Gasteiger partial charge in [0.2, 0.25) is 0 Å². The minimum absolute atomic E-state index is 0.426. The Hall–Kier alpha value is -1.71. The van der Waals surface area contributed by atoms with Crippen molar-refractivity contribution in [2.75, 3.05) is 20.1 Å². The van der Waals surface area contributed by atoms with Gasteiger partial charge in [-0.2, -0.15) is 0 Å². The number of likely N-dealkylation sites (tertiary alicyclic amines) is 1. The third-order valence-electron chi connectivity index (χ3n) is 8.35. The van der Waals surface area contributed by atoms with Crippen LogP contribution in [0.2, 0.25) is 0 Å². The fourth-order valence-electron chi connectivity index (χ4n) is 5.60. The highest BCUT2D eigenvalue weighted by Gasteiger charge is 2.28. The smallest absolute Gasteiger partial charge is 0.0572 e. The van der Waals surface area contributed by atoms with E-state index in [9.17, 15) is 0 Å². The number of aromatic nitrogens is 1. The predicted molar refractivity (Wildman–Crippen MR) is 180 cm³/mol. The summed E-state index contributed by atoms with van der Waals surface area (Å²) < 4.78 is 0. The topological polar surface area (TPSA) is 19.4 Å². The zero-order valence-corrected chi connectivity index (χ0v) is 28.7. The molecule has 230 valence electrons. The van der Waals surface area contributed by atoms with Gasteiger partial charge < -0.3 is 0 Å². The maximum Gasteiger partial charge on any atom is 0.0572 e. The van der Waals surface area contributed by atoms with Crippen LogP contribution in [-0.4, -0.2) is 41.0 Å². The van der Waals surface area contributed by atoms with Crippen LogP contribution in [0.5, 0.6) is 0 Å². The van der Waals surface area contributed by atoms with E-state index in [0.29, 0.717) is 11.5 Å². The number of benzene rings is 1. The van der Waals surface area contributed by atoms with Crippen molar-refractivity contribution in [1.29, 1.82) is 0 Å². The first-order valence-electron chi connectivity index (χ1n) is 16.6. The Labute approximate surface area is 251 Å². The SMILES string of the molecule is CC.CC.CC.CC(C)(C)C1CCN(Cc2ccccc2)CC1.CC1CCC(N(C)C(C)c2ccccn2)CC1. The second kappa shape index (κ2) is 22.0. The Bertz CT molecular complexity index is 798. The van der Waals surface area contributed by atoms with Crippen molar-refractivity contribution < 1.29 is 0 Å². The van der Waals surface area contributed by atoms with Gasteiger partial charge in [-0.25, -0.2) is 0 Å². The monoisotopic (exact) mass is 554 g/mol. The van der Waals surface area contributed by atoms with Gasteiger partial charge in [-0.05, 0) is 101 Å². The number of nitrogens with zero attached hydrogens (tertiary/aromatic N) is 3. The van der Waals surface area contributed by atoms with Crippen molar-refractivity contribution in [3.8, 4) is 0 Å². The number of piperidine rings is 1. The summed E-state index contributed by atoms with van der Waals surface area (Å²) >= 11 is 0. The van der Waals surface area contributed by atoms with Crippen molar-refractivity contribution >= 4 is 0 Å². The summed E-state index contributed by atoms with van der Waals surface area (Å²) in [5, 5.41) is 0. The van der Waals surface area contributed by atoms with Crippen LogP contribution in [0.3, 0.4) is 0 Å². The first-order valence-corrected chi connectivity index (χ1v) is 16.6. The van der Waals surface area contributed by atoms with E-state index in [4.69, 9.17) is 0 Å². The minimum Gasteiger partial charge on any atom is -0.299 e. The molecule has 2 aliphatic rings. The molecule has 0 amide bonds. The summed E-state index contributed by atoms with van der Waals surface area (Å²) in [6, 6.07) is 18.2. The lowest BCUT2D eigenvalue weighted by Gasteiger charge is -2.38. The standard InChI is InChI=1S/C16H25N.C15H24N2.3C2H6/c1-16(2,3)15-9-11-17(12-10-15)13-14-7-5-4-6-8-14;1-12-7-9-14(10-8-12)17(3)13(2)15-6-4-5-11-16-15;3*1-2/h4-8,15H,9-13H2,1-3H3;4-6,11-14H,7-10H2,1-3H3;3*1-2H3. The largest absolute Gasteiger partial charge is 0.299 e. The molecule has 1 aliphatic heterocycles. The fourth-order valence-corrected chi connectivity index (χ4v) is 5.60. The van der Waals surface area contributed by atoms with Crippen LogP contribution in [-0.2, 0) is 6.54 Å². The lowest BCUT2D eigenvalue weighted by atomic mass is 9.75. The highest BCUT2D eigenvalue weighted by molar-refractivity contribution is 5.14. The van der Waals surface area contributed by atoms with Crippen molar-refractivity contribution in [1.82, 2.24) is 14.8 Å². The average molecular weight is 554 g/mol. The highest BCUT2D eigenvalue weighted by atomic mass is 15.2. The Kier molecular flexibility index (Phi) is 21.0. The van der Waals surface area contributed by atoms with Crippen LogP contribution in [0.25, 0.3) is 0 Å². The molecule has 1 aromatic heterocycles. The molecule has 0 N–H and O–H groups in total. The van der Waals surface area contributed by atoms with Gasteiger partial charge >= 0.3 is 0 Å². The van der Waals surface area contributed by atoms with Gasteiger partial charge in [0.25, 0.3) is 0 Å². The fraction of sp³-hybridized carbons (Fsp3) is 0.703. The lowest BCUT2D eigenvalue weighted by Crippen LogP contribution is -2.37. The van der Waals surface area contributed by atoms with Gasteiger partial charge in [0, 0.05) is 24.8 Å². The van der Waals surface area contributed by atoms with Crippen molar-refractivity contribution in [3.63, 3.8) is 0 Å². The first kappa shape index (κ1) is 38.3. The van der Waals surface area contributed by atoms with Crippen LogP contribution in [0.15, 0.2) is 54.7 Å². The van der Waals surface area contributed by atoms with E-state index in [0.717, 1.165) is 24.4 Å². The molecule has 0 bridgehead atoms. The molecule has 2 aromatic rings. The van der Waals surface area contributed by atoms with Crippen molar-refractivity contribution in [3.05, 3.63) is 66.0 Å². The van der Waals surface area contributed by atoms with Gasteiger partial charge in [0.05, 0.1) is 5.69 Å². The van der Waals surface area contributed by atoms with Crippen LogP contribution in [0.1, 0.15) is 132 Å². The second-order valence-electron chi connectivity index (χ2n) is 11.9. The molecule has 3 nitrogen and oxygen atoms in total. The summed E-state index contributed by atoms with van der Waals surface area (Å²) in [5.41, 5.74) is 3.12. The first-order chi connectivity index (χ1) is 19.2. The Morgan fingerprint density at radius 3 is 1.80 bits per heavy atom. The third-order valence-corrected chi connectivity index (χ3v) is 8.35. The van der Waals surface area contributed by atoms with Crippen LogP contribution in [0.4, 0.5) is 0 Å². The maximum atomic E-state index is 4.47. The van der Waals surface area contributed by atoms with E-state index in [1.807, 2.05) is 53.8 Å². The summed E-state index contributed by atoms with van der Waals surface area (Å²) in [4.78, 5) is 9.57. The summed E-state index contributed by atoms with van der Waals surface area (Å²) in [5.74, 6) is 1.82. The molecule has 1 saturated heterocycles. The lowest BCUT2D eigenvalue weighted by molar-refractivity contribution is 0.108. The van der Waals surface area contributed by atoms with Crippen molar-refractivity contribution in [2.24, 2.45) is 17.3 Å². The zero-order valence-electron chi connectivity index (χ0n) is 28.7. The second-order valence-corrected chi connectivity index (χ2v) is 11.9. The molecule has 1 saturated carbocycles. The average Bonchev–Trinajstić information content (AvgIpc) is 3.01. The van der Waals surface area contributed by atoms with Gasteiger partial charge in [0.1, 0.15) is 0 Å². The van der Waals surface area contributed by atoms with Gasteiger partial charge in [-0.15, -0.1) is 0 Å². The third kappa shape index (κ3) is 14.3. The van der Waals surface area contributed by atoms with Gasteiger partial charge in [-0.3, -0.25) is 14.8 Å². The number of hydrogen-bond donors (Lipinski definition) is 0. The van der Waals surface area contributed by atoms with Crippen LogP contribution >= 0.6 is 0 Å². The Balaban J connectivity index is 0.000000641. The Morgan fingerprint density at radius 1 is 0.800 bits per heavy atom. The van der Waals surface area contributed by atoms with E-state index in [1.165, 1.54) is 62.9 Å². The molecule has 1 aliphatic carbocycles. The van der Waals surface area contributed by atoms with E-state index < -0.39 is 0 Å². The van der Waals surface area contributed by atoms with E-state index >= 15 is 0 Å². The molecule has 40 heavy (non-hydrogen) atoms. The van der Waals surface area contributed by atoms with Gasteiger partial charge in [-0.1, -0.05) is 106 Å². The van der Waals surface area contributed by atoms with Gasteiger partial charge in [0.15, 0.2) is 0 Å². The predicted octanol–water partition coefficient (Wildman–Crippen LogP) is 10.7. The van der Waals surface area contributed by atoms with Crippen molar-refractivity contribution in [2.45, 2.75) is 133 Å². The molecule has 2 heterocycles. The molecule has 0 spiro atoms. The molecule has 0 radical (unpaired) electrons. The zero-order chi connectivity index (χ0) is 30.6. The van der Waals surface area contributed by atoms with E-state index in [2.05, 4.69) is 98.9 Å². The molecular weight excluding hydrogens is 486 g/mol. The quantitative estimate of drug-likeness (QED) is 0.367. The summed E-state index contributed by atoms with van der Waals surface area (Å²) in [7, 11) is 2.25. The number of hydrogen-bond acceptors (Lipinski definition) is 3. The van der Waals surface area contributed by atoms with Crippen LogP contribution in [0, 0.1) is 17.3 Å². The summed E-state index contributed by atoms with van der Waals surface area (Å²) in [6.07, 6.45) is 10.0. The normalized spacial score (nSPS) is 20.2. The molecule has 1 aromatic carbocycles. The van der Waals surface area contributed by atoms with E-state index in [-0.39, 0.29) is 0 Å². The van der Waals surface area contributed by atoms with E-state index in [1.54, 1.807) is 0 Å². The molecule has 1 atom stereocenters. The maximum absolute atomic E-state index is 4.47. The highest BCUT2D eigenvalue weighted by Crippen LogP contribution is 2.34.